The number of hydrogen-bond acceptors (Lipinski definition) is 5. The fraction of sp³-hybridized carbons (Fsp3) is 0.455. The van der Waals surface area contributed by atoms with Gasteiger partial charge in [-0.25, -0.2) is 4.39 Å². The molecule has 0 spiro atoms. The molecule has 9 heteroatoms. The SMILES string of the molecule is CC(C)N1CC(O)(c2ccc(-c3ccc([C@H](O)[C@@H](CF)NC(=O)C(F)F)cc3)cn2)C1. The van der Waals surface area contributed by atoms with Crippen LogP contribution in [0.2, 0.25) is 0 Å². The number of hydrogen-bond donors (Lipinski definition) is 3. The van der Waals surface area contributed by atoms with E-state index in [0.717, 1.165) is 11.1 Å². The summed E-state index contributed by atoms with van der Waals surface area (Å²) in [5.74, 6) is -1.63. The Morgan fingerprint density at radius 3 is 2.26 bits per heavy atom. The van der Waals surface area contributed by atoms with E-state index in [9.17, 15) is 28.2 Å². The van der Waals surface area contributed by atoms with Gasteiger partial charge < -0.3 is 15.5 Å². The van der Waals surface area contributed by atoms with Crippen molar-refractivity contribution in [3.05, 3.63) is 53.9 Å². The normalized spacial score (nSPS) is 18.0. The van der Waals surface area contributed by atoms with Gasteiger partial charge >= 0.3 is 6.43 Å². The van der Waals surface area contributed by atoms with E-state index in [1.165, 1.54) is 12.1 Å². The topological polar surface area (TPSA) is 85.7 Å². The molecule has 0 unspecified atom stereocenters. The first-order valence-corrected chi connectivity index (χ1v) is 10.0. The number of β-amino-alcohol motifs (C(OH)–C–C–N with tert-alkyl or cyclic N) is 1. The van der Waals surface area contributed by atoms with Gasteiger partial charge in [0, 0.05) is 30.9 Å². The van der Waals surface area contributed by atoms with Crippen LogP contribution in [-0.4, -0.2) is 64.3 Å². The van der Waals surface area contributed by atoms with E-state index >= 15 is 0 Å². The molecule has 2 aromatic rings. The third-order valence-corrected chi connectivity index (χ3v) is 5.56. The molecule has 1 aromatic heterocycles. The zero-order chi connectivity index (χ0) is 22.8. The zero-order valence-corrected chi connectivity index (χ0v) is 17.3. The van der Waals surface area contributed by atoms with E-state index in [1.807, 2.05) is 6.07 Å². The number of alkyl halides is 3. The average Bonchev–Trinajstić information content (AvgIpc) is 2.74. The molecule has 6 nitrogen and oxygen atoms in total. The molecule has 0 bridgehead atoms. The summed E-state index contributed by atoms with van der Waals surface area (Å²) in [5.41, 5.74) is 1.47. The number of carbonyl (C=O) groups excluding carboxylic acids is 1. The molecule has 0 aliphatic carbocycles. The molecule has 1 aromatic carbocycles. The number of nitrogens with one attached hydrogen (secondary N) is 1. The maximum atomic E-state index is 13.1. The van der Waals surface area contributed by atoms with Crippen molar-refractivity contribution in [1.82, 2.24) is 15.2 Å². The third-order valence-electron chi connectivity index (χ3n) is 5.56. The van der Waals surface area contributed by atoms with Crippen LogP contribution in [0.25, 0.3) is 11.1 Å². The van der Waals surface area contributed by atoms with Gasteiger partial charge in [0.05, 0.1) is 11.7 Å². The second-order valence-electron chi connectivity index (χ2n) is 8.10. The molecule has 168 valence electrons. The molecule has 3 rings (SSSR count). The minimum Gasteiger partial charge on any atom is -0.386 e. The highest BCUT2D eigenvalue weighted by Gasteiger charge is 2.44. The summed E-state index contributed by atoms with van der Waals surface area (Å²) < 4.78 is 37.9. The van der Waals surface area contributed by atoms with Crippen molar-refractivity contribution in [2.75, 3.05) is 19.8 Å². The van der Waals surface area contributed by atoms with Crippen LogP contribution in [-0.2, 0) is 10.4 Å². The van der Waals surface area contributed by atoms with E-state index in [-0.39, 0.29) is 5.56 Å². The van der Waals surface area contributed by atoms with Crippen molar-refractivity contribution >= 4 is 5.91 Å². The van der Waals surface area contributed by atoms with Crippen LogP contribution < -0.4 is 5.32 Å². The lowest BCUT2D eigenvalue weighted by Gasteiger charge is -2.48. The molecule has 1 amide bonds. The number of carbonyl (C=O) groups is 1. The first kappa shape index (κ1) is 23.2. The van der Waals surface area contributed by atoms with Gasteiger partial charge in [-0.1, -0.05) is 30.3 Å². The summed E-state index contributed by atoms with van der Waals surface area (Å²) in [5, 5.41) is 22.7. The molecule has 2 heterocycles. The van der Waals surface area contributed by atoms with E-state index in [1.54, 1.807) is 29.7 Å². The Hall–Kier alpha value is -2.49. The Kier molecular flexibility index (Phi) is 6.98. The number of halogens is 3. The Balaban J connectivity index is 1.68. The monoisotopic (exact) mass is 437 g/mol. The molecule has 1 fully saturated rings. The number of aliphatic hydroxyl groups is 2. The highest BCUT2D eigenvalue weighted by molar-refractivity contribution is 5.79. The Bertz CT molecular complexity index is 885. The van der Waals surface area contributed by atoms with Crippen molar-refractivity contribution in [1.29, 1.82) is 0 Å². The van der Waals surface area contributed by atoms with E-state index in [2.05, 4.69) is 23.7 Å². The molecule has 3 N–H and O–H groups in total. The largest absolute Gasteiger partial charge is 0.386 e. The first-order valence-electron chi connectivity index (χ1n) is 10.0. The number of benzene rings is 1. The molecule has 2 atom stereocenters. The van der Waals surface area contributed by atoms with Crippen molar-refractivity contribution in [2.45, 2.75) is 44.1 Å². The van der Waals surface area contributed by atoms with Crippen LogP contribution in [0, 0.1) is 0 Å². The minimum atomic E-state index is -3.29. The Morgan fingerprint density at radius 1 is 1.16 bits per heavy atom. The van der Waals surface area contributed by atoms with Gasteiger partial charge in [0.1, 0.15) is 18.4 Å². The Labute approximate surface area is 178 Å². The number of aromatic nitrogens is 1. The molecule has 0 saturated carbocycles. The van der Waals surface area contributed by atoms with E-state index in [0.29, 0.717) is 24.8 Å². The third kappa shape index (κ3) is 5.06. The van der Waals surface area contributed by atoms with Crippen LogP contribution in [0.4, 0.5) is 13.2 Å². The van der Waals surface area contributed by atoms with Crippen LogP contribution in [0.3, 0.4) is 0 Å². The summed E-state index contributed by atoms with van der Waals surface area (Å²) in [4.78, 5) is 17.6. The number of nitrogens with zero attached hydrogens (tertiary/aromatic N) is 2. The van der Waals surface area contributed by atoms with Crippen molar-refractivity contribution < 1.29 is 28.2 Å². The number of likely N-dealkylation sites (tertiary alicyclic amines) is 1. The van der Waals surface area contributed by atoms with Crippen LogP contribution in [0.1, 0.15) is 31.2 Å². The van der Waals surface area contributed by atoms with Gasteiger partial charge in [-0.2, -0.15) is 8.78 Å². The molecule has 1 saturated heterocycles. The number of aliphatic hydroxyl groups excluding tert-OH is 1. The zero-order valence-electron chi connectivity index (χ0n) is 17.3. The molecule has 1 aliphatic heterocycles. The summed E-state index contributed by atoms with van der Waals surface area (Å²) in [7, 11) is 0. The van der Waals surface area contributed by atoms with Gasteiger partial charge in [-0.05, 0) is 31.0 Å². The molecule has 31 heavy (non-hydrogen) atoms. The van der Waals surface area contributed by atoms with Crippen molar-refractivity contribution in [3.63, 3.8) is 0 Å². The minimum absolute atomic E-state index is 0.281. The maximum Gasteiger partial charge on any atom is 0.315 e. The first-order chi connectivity index (χ1) is 14.6. The number of rotatable bonds is 8. The number of pyridine rings is 1. The quantitative estimate of drug-likeness (QED) is 0.591. The van der Waals surface area contributed by atoms with Crippen molar-refractivity contribution in [3.8, 4) is 11.1 Å². The van der Waals surface area contributed by atoms with Crippen LogP contribution >= 0.6 is 0 Å². The second kappa shape index (κ2) is 9.33. The second-order valence-corrected chi connectivity index (χ2v) is 8.10. The fourth-order valence-corrected chi connectivity index (χ4v) is 3.55. The average molecular weight is 437 g/mol. The summed E-state index contributed by atoms with van der Waals surface area (Å²) in [6.45, 7) is 4.01. The lowest BCUT2D eigenvalue weighted by atomic mass is 9.88. The van der Waals surface area contributed by atoms with E-state index < -0.39 is 36.8 Å². The van der Waals surface area contributed by atoms with Crippen LogP contribution in [0.5, 0.6) is 0 Å². The molecular formula is C22H26F3N3O3. The van der Waals surface area contributed by atoms with Crippen LogP contribution in [0.15, 0.2) is 42.6 Å². The van der Waals surface area contributed by atoms with Gasteiger partial charge in [-0.3, -0.25) is 14.7 Å². The summed E-state index contributed by atoms with van der Waals surface area (Å²) in [6.07, 6.45) is -3.12. The standard InChI is InChI=1S/C22H26F3N3O3/c1-13(2)28-11-22(31,12-28)18-8-7-16(10-26-18)14-3-5-15(6-4-14)19(29)17(9-23)27-21(30)20(24)25/h3-8,10,13,17,19-20,29,31H,9,11-12H2,1-2H3,(H,27,30)/t17-,19+/m1/s1. The summed E-state index contributed by atoms with van der Waals surface area (Å²) in [6, 6.07) is 8.91. The lowest BCUT2D eigenvalue weighted by Crippen LogP contribution is -2.61. The van der Waals surface area contributed by atoms with Gasteiger partial charge in [0.15, 0.2) is 0 Å². The number of amides is 1. The maximum absolute atomic E-state index is 13.1. The van der Waals surface area contributed by atoms with Gasteiger partial charge in [-0.15, -0.1) is 0 Å². The predicted octanol–water partition coefficient (Wildman–Crippen LogP) is 2.41. The molecule has 0 radical (unpaired) electrons. The Morgan fingerprint density at radius 2 is 1.77 bits per heavy atom. The van der Waals surface area contributed by atoms with Crippen molar-refractivity contribution in [2.24, 2.45) is 0 Å². The molecule has 1 aliphatic rings. The smallest absolute Gasteiger partial charge is 0.315 e. The van der Waals surface area contributed by atoms with E-state index in [4.69, 9.17) is 0 Å². The fourth-order valence-electron chi connectivity index (χ4n) is 3.55. The summed E-state index contributed by atoms with van der Waals surface area (Å²) >= 11 is 0. The highest BCUT2D eigenvalue weighted by atomic mass is 19.3. The lowest BCUT2D eigenvalue weighted by molar-refractivity contribution is -0.133. The molecular weight excluding hydrogens is 411 g/mol. The highest BCUT2D eigenvalue weighted by Crippen LogP contribution is 2.33. The van der Waals surface area contributed by atoms with Gasteiger partial charge in [0.2, 0.25) is 0 Å². The predicted molar refractivity (Wildman–Crippen MR) is 109 cm³/mol. The van der Waals surface area contributed by atoms with Gasteiger partial charge in [0.25, 0.3) is 5.91 Å².